The zero-order valence-electron chi connectivity index (χ0n) is 11.9. The lowest BCUT2D eigenvalue weighted by atomic mass is 9.96. The highest BCUT2D eigenvalue weighted by Gasteiger charge is 2.11. The van der Waals surface area contributed by atoms with E-state index in [0.717, 1.165) is 18.7 Å². The van der Waals surface area contributed by atoms with Crippen molar-refractivity contribution in [1.82, 2.24) is 5.32 Å². The number of rotatable bonds is 6. The molecule has 0 spiro atoms. The fraction of sp³-hybridized carbons (Fsp3) is 0.600. The number of nitrogens with two attached hydrogens (primary N) is 1. The van der Waals surface area contributed by atoms with Crippen LogP contribution in [0.1, 0.15) is 30.5 Å². The van der Waals surface area contributed by atoms with Crippen molar-refractivity contribution in [2.75, 3.05) is 13.1 Å². The van der Waals surface area contributed by atoms with Crippen molar-refractivity contribution in [3.63, 3.8) is 0 Å². The number of nitrogens with one attached hydrogen (secondary N) is 1. The summed E-state index contributed by atoms with van der Waals surface area (Å²) in [5.41, 5.74) is 8.29. The van der Waals surface area contributed by atoms with Gasteiger partial charge in [0.05, 0.1) is 0 Å². The minimum atomic E-state index is -0.0965. The predicted octanol–water partition coefficient (Wildman–Crippen LogP) is 2.76. The van der Waals surface area contributed by atoms with Crippen LogP contribution in [-0.2, 0) is 6.54 Å². The van der Waals surface area contributed by atoms with Gasteiger partial charge in [-0.25, -0.2) is 4.39 Å². The predicted molar refractivity (Wildman–Crippen MR) is 75.0 cm³/mol. The third kappa shape index (κ3) is 4.07. The molecule has 0 aliphatic rings. The van der Waals surface area contributed by atoms with Crippen molar-refractivity contribution >= 4 is 0 Å². The Kier molecular flexibility index (Phi) is 5.76. The van der Waals surface area contributed by atoms with E-state index in [2.05, 4.69) is 19.2 Å². The van der Waals surface area contributed by atoms with Crippen molar-refractivity contribution in [3.8, 4) is 0 Å². The lowest BCUT2D eigenvalue weighted by Gasteiger charge is -2.19. The summed E-state index contributed by atoms with van der Waals surface area (Å²) in [5.74, 6) is 0.979. The van der Waals surface area contributed by atoms with Crippen LogP contribution in [-0.4, -0.2) is 13.1 Å². The van der Waals surface area contributed by atoms with Crippen LogP contribution < -0.4 is 11.1 Å². The lowest BCUT2D eigenvalue weighted by Crippen LogP contribution is -2.31. The molecule has 102 valence electrons. The molecule has 0 saturated heterocycles. The highest BCUT2D eigenvalue weighted by Crippen LogP contribution is 2.15. The summed E-state index contributed by atoms with van der Waals surface area (Å²) in [4.78, 5) is 0. The van der Waals surface area contributed by atoms with E-state index >= 15 is 0 Å². The molecule has 1 aromatic rings. The number of hydrogen-bond acceptors (Lipinski definition) is 2. The van der Waals surface area contributed by atoms with Crippen LogP contribution >= 0.6 is 0 Å². The van der Waals surface area contributed by atoms with Crippen molar-refractivity contribution < 1.29 is 4.39 Å². The number of halogens is 1. The van der Waals surface area contributed by atoms with Gasteiger partial charge >= 0.3 is 0 Å². The van der Waals surface area contributed by atoms with E-state index in [4.69, 9.17) is 5.73 Å². The second-order valence-corrected chi connectivity index (χ2v) is 5.41. The smallest absolute Gasteiger partial charge is 0.129 e. The zero-order valence-corrected chi connectivity index (χ0v) is 11.9. The lowest BCUT2D eigenvalue weighted by molar-refractivity contribution is 0.370. The minimum absolute atomic E-state index is 0.0965. The first-order valence-electron chi connectivity index (χ1n) is 6.62. The Morgan fingerprint density at radius 3 is 2.22 bits per heavy atom. The first-order chi connectivity index (χ1) is 8.45. The fourth-order valence-electron chi connectivity index (χ4n) is 2.13. The van der Waals surface area contributed by atoms with Crippen LogP contribution in [0.5, 0.6) is 0 Å². The van der Waals surface area contributed by atoms with Gasteiger partial charge in [-0.1, -0.05) is 26.0 Å². The Morgan fingerprint density at radius 1 is 1.22 bits per heavy atom. The van der Waals surface area contributed by atoms with Crippen molar-refractivity contribution in [1.29, 1.82) is 0 Å². The van der Waals surface area contributed by atoms with Crippen LogP contribution in [0.25, 0.3) is 0 Å². The van der Waals surface area contributed by atoms with E-state index in [9.17, 15) is 4.39 Å². The zero-order chi connectivity index (χ0) is 13.7. The molecule has 0 aromatic heterocycles. The summed E-state index contributed by atoms with van der Waals surface area (Å²) in [7, 11) is 0. The highest BCUT2D eigenvalue weighted by atomic mass is 19.1. The summed E-state index contributed by atoms with van der Waals surface area (Å²) in [6.07, 6.45) is 0. The Hall–Kier alpha value is -0.930. The Bertz CT molecular complexity index is 365. The van der Waals surface area contributed by atoms with E-state index in [1.165, 1.54) is 0 Å². The molecule has 0 saturated carbocycles. The molecule has 0 aliphatic heterocycles. The van der Waals surface area contributed by atoms with Crippen molar-refractivity contribution in [3.05, 3.63) is 34.6 Å². The highest BCUT2D eigenvalue weighted by molar-refractivity contribution is 5.30. The molecule has 0 heterocycles. The molecule has 0 radical (unpaired) electrons. The molecule has 0 bridgehead atoms. The summed E-state index contributed by atoms with van der Waals surface area (Å²) >= 11 is 0. The van der Waals surface area contributed by atoms with Crippen LogP contribution in [0.4, 0.5) is 4.39 Å². The van der Waals surface area contributed by atoms with Gasteiger partial charge in [0, 0.05) is 6.54 Å². The Balaban J connectivity index is 2.54. The molecule has 1 atom stereocenters. The average molecular weight is 252 g/mol. The maximum absolute atomic E-state index is 13.5. The number of hydrogen-bond donors (Lipinski definition) is 2. The normalized spacial score (nSPS) is 13.1. The fourth-order valence-corrected chi connectivity index (χ4v) is 2.13. The van der Waals surface area contributed by atoms with Crippen LogP contribution in [0.3, 0.4) is 0 Å². The quantitative estimate of drug-likeness (QED) is 0.817. The summed E-state index contributed by atoms with van der Waals surface area (Å²) in [5, 5.41) is 3.41. The molecular formula is C15H25FN2. The summed E-state index contributed by atoms with van der Waals surface area (Å²) < 4.78 is 13.5. The maximum atomic E-state index is 13.5. The third-order valence-electron chi connectivity index (χ3n) is 3.48. The SMILES string of the molecule is Cc1cc(CNCC(CN)C(C)C)cc(C)c1F. The van der Waals surface area contributed by atoms with Crippen LogP contribution in [0, 0.1) is 31.5 Å². The van der Waals surface area contributed by atoms with E-state index < -0.39 is 0 Å². The average Bonchev–Trinajstić information content (AvgIpc) is 2.31. The van der Waals surface area contributed by atoms with Gasteiger partial charge in [0.1, 0.15) is 5.82 Å². The largest absolute Gasteiger partial charge is 0.330 e. The van der Waals surface area contributed by atoms with E-state index in [0.29, 0.717) is 29.5 Å². The first-order valence-corrected chi connectivity index (χ1v) is 6.62. The Labute approximate surface area is 110 Å². The van der Waals surface area contributed by atoms with Gasteiger partial charge in [0.2, 0.25) is 0 Å². The molecule has 0 aliphatic carbocycles. The second kappa shape index (κ2) is 6.86. The van der Waals surface area contributed by atoms with Crippen molar-refractivity contribution in [2.45, 2.75) is 34.2 Å². The van der Waals surface area contributed by atoms with Gasteiger partial charge < -0.3 is 11.1 Å². The van der Waals surface area contributed by atoms with Crippen LogP contribution in [0.15, 0.2) is 12.1 Å². The summed E-state index contributed by atoms with van der Waals surface area (Å²) in [6, 6.07) is 3.81. The molecule has 3 heteroatoms. The minimum Gasteiger partial charge on any atom is -0.330 e. The first kappa shape index (κ1) is 15.1. The molecule has 1 rings (SSSR count). The molecule has 0 fully saturated rings. The molecule has 2 nitrogen and oxygen atoms in total. The number of benzene rings is 1. The van der Waals surface area contributed by atoms with Crippen molar-refractivity contribution in [2.24, 2.45) is 17.6 Å². The van der Waals surface area contributed by atoms with Gasteiger partial charge in [-0.2, -0.15) is 0 Å². The van der Waals surface area contributed by atoms with Gasteiger partial charge in [-0.3, -0.25) is 0 Å². The van der Waals surface area contributed by atoms with Gasteiger partial charge in [0.25, 0.3) is 0 Å². The molecule has 0 amide bonds. The Morgan fingerprint density at radius 2 is 1.78 bits per heavy atom. The maximum Gasteiger partial charge on any atom is 0.129 e. The molecule has 1 aromatic carbocycles. The van der Waals surface area contributed by atoms with E-state index in [1.807, 2.05) is 26.0 Å². The topological polar surface area (TPSA) is 38.0 Å². The second-order valence-electron chi connectivity index (χ2n) is 5.41. The molecule has 1 unspecified atom stereocenters. The van der Waals surface area contributed by atoms with E-state index in [-0.39, 0.29) is 5.82 Å². The van der Waals surface area contributed by atoms with E-state index in [1.54, 1.807) is 0 Å². The molecule has 3 N–H and O–H groups in total. The number of aryl methyl sites for hydroxylation is 2. The van der Waals surface area contributed by atoms with Gasteiger partial charge in [-0.05, 0) is 55.5 Å². The van der Waals surface area contributed by atoms with Gasteiger partial charge in [0.15, 0.2) is 0 Å². The monoisotopic (exact) mass is 252 g/mol. The van der Waals surface area contributed by atoms with Crippen LogP contribution in [0.2, 0.25) is 0 Å². The summed E-state index contributed by atoms with van der Waals surface area (Å²) in [6.45, 7) is 10.4. The molecular weight excluding hydrogens is 227 g/mol. The molecule has 18 heavy (non-hydrogen) atoms. The third-order valence-corrected chi connectivity index (χ3v) is 3.48. The standard InChI is InChI=1S/C15H25FN2/c1-10(2)14(7-17)9-18-8-13-5-11(3)15(16)12(4)6-13/h5-6,10,14,18H,7-9,17H2,1-4H3. The van der Waals surface area contributed by atoms with Gasteiger partial charge in [-0.15, -0.1) is 0 Å².